The Balaban J connectivity index is 2.93. The minimum atomic E-state index is -3.80. The molecule has 0 aliphatic carbocycles. The lowest BCUT2D eigenvalue weighted by Crippen LogP contribution is -2.41. The van der Waals surface area contributed by atoms with E-state index < -0.39 is 7.60 Å². The zero-order valence-corrected chi connectivity index (χ0v) is 10.8. The van der Waals surface area contributed by atoms with Gasteiger partial charge >= 0.3 is 7.60 Å². The topological polar surface area (TPSA) is 63.3 Å². The highest BCUT2D eigenvalue weighted by molar-refractivity contribution is 7.61. The first-order chi connectivity index (χ1) is 7.97. The van der Waals surface area contributed by atoms with Crippen LogP contribution in [0.1, 0.15) is 5.69 Å². The first-order valence-corrected chi connectivity index (χ1v) is 6.70. The SMILES string of the molecule is COP(=O)(O)c1c(C)[n+](C)nc2ccccc12. The van der Waals surface area contributed by atoms with E-state index in [-0.39, 0.29) is 0 Å². The van der Waals surface area contributed by atoms with E-state index in [1.165, 1.54) is 7.11 Å². The monoisotopic (exact) mass is 253 g/mol. The smallest absolute Gasteiger partial charge is 0.321 e. The van der Waals surface area contributed by atoms with Crippen LogP contribution in [0.3, 0.4) is 0 Å². The number of hydrogen-bond donors (Lipinski definition) is 1. The molecule has 0 saturated carbocycles. The molecule has 1 heterocycles. The van der Waals surface area contributed by atoms with Crippen molar-refractivity contribution in [2.75, 3.05) is 7.11 Å². The van der Waals surface area contributed by atoms with Crippen molar-refractivity contribution in [3.8, 4) is 0 Å². The van der Waals surface area contributed by atoms with Gasteiger partial charge in [-0.3, -0.25) is 4.57 Å². The summed E-state index contributed by atoms with van der Waals surface area (Å²) in [6.07, 6.45) is 0. The van der Waals surface area contributed by atoms with E-state index >= 15 is 0 Å². The van der Waals surface area contributed by atoms with Gasteiger partial charge in [-0.05, 0) is 6.07 Å². The molecule has 17 heavy (non-hydrogen) atoms. The van der Waals surface area contributed by atoms with Gasteiger partial charge in [-0.2, -0.15) is 0 Å². The molecule has 0 radical (unpaired) electrons. The van der Waals surface area contributed by atoms with Crippen molar-refractivity contribution in [2.24, 2.45) is 7.05 Å². The molecular weight excluding hydrogens is 239 g/mol. The first-order valence-electron chi connectivity index (χ1n) is 5.12. The molecule has 0 spiro atoms. The molecule has 90 valence electrons. The summed E-state index contributed by atoms with van der Waals surface area (Å²) >= 11 is 0. The van der Waals surface area contributed by atoms with Crippen LogP contribution in [0, 0.1) is 6.92 Å². The van der Waals surface area contributed by atoms with Crippen molar-refractivity contribution in [1.29, 1.82) is 0 Å². The molecule has 6 heteroatoms. The van der Waals surface area contributed by atoms with Gasteiger partial charge in [-0.25, -0.2) is 0 Å². The van der Waals surface area contributed by atoms with E-state index in [1.54, 1.807) is 30.8 Å². The predicted octanol–water partition coefficient (Wildman–Crippen LogP) is 0.825. The van der Waals surface area contributed by atoms with Gasteiger partial charge in [0, 0.05) is 24.5 Å². The summed E-state index contributed by atoms with van der Waals surface area (Å²) in [5.41, 5.74) is 1.29. The lowest BCUT2D eigenvalue weighted by molar-refractivity contribution is -0.733. The third-order valence-electron chi connectivity index (χ3n) is 2.78. The van der Waals surface area contributed by atoms with Crippen LogP contribution in [0.5, 0.6) is 0 Å². The molecule has 0 bridgehead atoms. The van der Waals surface area contributed by atoms with Gasteiger partial charge in [0.25, 0.3) is 0 Å². The standard InChI is InChI=1S/C11H13N2O3P/c1-8-11(17(14,15)16-3)9-6-4-5-7-10(9)12-13(8)2/h4-7H,1-3H3/p+1. The number of aryl methyl sites for hydroxylation is 1. The molecule has 0 aliphatic heterocycles. The lowest BCUT2D eigenvalue weighted by Gasteiger charge is -2.11. The van der Waals surface area contributed by atoms with Crippen LogP contribution in [0.25, 0.3) is 10.9 Å². The highest BCUT2D eigenvalue weighted by Crippen LogP contribution is 2.41. The Morgan fingerprint density at radius 1 is 1.41 bits per heavy atom. The van der Waals surface area contributed by atoms with Crippen LogP contribution in [0.4, 0.5) is 0 Å². The van der Waals surface area contributed by atoms with Crippen LogP contribution < -0.4 is 9.99 Å². The second kappa shape index (κ2) is 4.18. The summed E-state index contributed by atoms with van der Waals surface area (Å²) in [4.78, 5) is 9.89. The van der Waals surface area contributed by atoms with Crippen molar-refractivity contribution < 1.29 is 18.7 Å². The summed E-state index contributed by atoms with van der Waals surface area (Å²) in [7, 11) is -0.828. The summed E-state index contributed by atoms with van der Waals surface area (Å²) in [6.45, 7) is 1.75. The number of fused-ring (bicyclic) bond motifs is 1. The Morgan fingerprint density at radius 2 is 2.06 bits per heavy atom. The number of rotatable bonds is 2. The Morgan fingerprint density at radius 3 is 2.71 bits per heavy atom. The van der Waals surface area contributed by atoms with Gasteiger partial charge < -0.3 is 9.42 Å². The molecule has 2 rings (SSSR count). The van der Waals surface area contributed by atoms with Gasteiger partial charge in [0.1, 0.15) is 10.8 Å². The quantitative estimate of drug-likeness (QED) is 0.636. The maximum absolute atomic E-state index is 12.1. The fraction of sp³-hybridized carbons (Fsp3) is 0.273. The van der Waals surface area contributed by atoms with Gasteiger partial charge in [-0.1, -0.05) is 22.9 Å². The largest absolute Gasteiger partial charge is 0.365 e. The predicted molar refractivity (Wildman–Crippen MR) is 64.1 cm³/mol. The highest BCUT2D eigenvalue weighted by atomic mass is 31.2. The summed E-state index contributed by atoms with van der Waals surface area (Å²) < 4.78 is 18.4. The summed E-state index contributed by atoms with van der Waals surface area (Å²) in [6, 6.07) is 7.21. The molecule has 0 aliphatic rings. The van der Waals surface area contributed by atoms with Gasteiger partial charge in [0.05, 0.1) is 0 Å². The minimum Gasteiger partial charge on any atom is -0.321 e. The molecule has 1 aromatic heterocycles. The average Bonchev–Trinajstić information content (AvgIpc) is 2.30. The second-order valence-electron chi connectivity index (χ2n) is 3.78. The lowest BCUT2D eigenvalue weighted by atomic mass is 10.2. The van der Waals surface area contributed by atoms with E-state index in [0.29, 0.717) is 21.9 Å². The molecule has 2 aromatic rings. The molecule has 1 atom stereocenters. The van der Waals surface area contributed by atoms with Crippen LogP contribution in [-0.4, -0.2) is 17.1 Å². The molecule has 0 amide bonds. The maximum atomic E-state index is 12.1. The number of nitrogens with zero attached hydrogens (tertiary/aromatic N) is 2. The fourth-order valence-corrected chi connectivity index (χ4v) is 3.02. The molecule has 1 N–H and O–H groups in total. The van der Waals surface area contributed by atoms with Crippen LogP contribution in [0.2, 0.25) is 0 Å². The zero-order chi connectivity index (χ0) is 12.6. The van der Waals surface area contributed by atoms with Crippen molar-refractivity contribution >= 4 is 23.8 Å². The van der Waals surface area contributed by atoms with E-state index in [0.717, 1.165) is 0 Å². The molecule has 1 unspecified atom stereocenters. The second-order valence-corrected chi connectivity index (χ2v) is 5.63. The van der Waals surface area contributed by atoms with E-state index in [1.807, 2.05) is 12.1 Å². The number of benzene rings is 1. The van der Waals surface area contributed by atoms with Crippen molar-refractivity contribution in [1.82, 2.24) is 5.10 Å². The molecule has 5 nitrogen and oxygen atoms in total. The Bertz CT molecular complexity index is 627. The summed E-state index contributed by atoms with van der Waals surface area (Å²) in [5, 5.41) is 5.27. The van der Waals surface area contributed by atoms with E-state index in [2.05, 4.69) is 5.10 Å². The van der Waals surface area contributed by atoms with Crippen molar-refractivity contribution in [2.45, 2.75) is 6.92 Å². The van der Waals surface area contributed by atoms with E-state index in [9.17, 15) is 9.46 Å². The average molecular weight is 253 g/mol. The number of hydrogen-bond acceptors (Lipinski definition) is 3. The number of aromatic nitrogens is 2. The Kier molecular flexibility index (Phi) is 3.00. The molecule has 0 saturated heterocycles. The molecule has 1 aromatic carbocycles. The maximum Gasteiger partial charge on any atom is 0.365 e. The van der Waals surface area contributed by atoms with Crippen LogP contribution >= 0.6 is 7.60 Å². The summed E-state index contributed by atoms with van der Waals surface area (Å²) in [5.74, 6) is 0. The molecule has 0 fully saturated rings. The Labute approximate surface area is 99.2 Å². The normalized spacial score (nSPS) is 14.8. The highest BCUT2D eigenvalue weighted by Gasteiger charge is 2.31. The fourth-order valence-electron chi connectivity index (χ4n) is 1.79. The molecular formula is C11H14N2O3P+. The third-order valence-corrected chi connectivity index (χ3v) is 4.40. The minimum absolute atomic E-state index is 0.313. The van der Waals surface area contributed by atoms with Crippen LogP contribution in [-0.2, 0) is 16.1 Å². The first kappa shape index (κ1) is 12.2. The van der Waals surface area contributed by atoms with Gasteiger partial charge in [0.2, 0.25) is 5.69 Å². The van der Waals surface area contributed by atoms with Crippen molar-refractivity contribution in [3.63, 3.8) is 0 Å². The van der Waals surface area contributed by atoms with Crippen molar-refractivity contribution in [3.05, 3.63) is 30.0 Å². The Hall–Kier alpha value is -1.29. The van der Waals surface area contributed by atoms with Gasteiger partial charge in [-0.15, -0.1) is 0 Å². The van der Waals surface area contributed by atoms with Crippen LogP contribution in [0.15, 0.2) is 24.3 Å². The van der Waals surface area contributed by atoms with Gasteiger partial charge in [0.15, 0.2) is 7.05 Å². The van der Waals surface area contributed by atoms with E-state index in [4.69, 9.17) is 4.52 Å². The zero-order valence-electron chi connectivity index (χ0n) is 9.91. The third kappa shape index (κ3) is 1.97.